The molecule has 18 heavy (non-hydrogen) atoms. The molecule has 0 aromatic carbocycles. The SMILES string of the molecule is C=CCC(C=CCCCCC=C(C)CCC)=CC. The van der Waals surface area contributed by atoms with E-state index in [9.17, 15) is 0 Å². The zero-order chi connectivity index (χ0) is 13.6. The van der Waals surface area contributed by atoms with Crippen LogP contribution in [0.2, 0.25) is 0 Å². The highest BCUT2D eigenvalue weighted by molar-refractivity contribution is 5.20. The standard InChI is InChI=1S/C18H30/c1-5-13-17(4)15-11-9-8-10-12-16-18(7-3)14-6-2/h6-7,12,15-16H,2,5,8-11,13-14H2,1,3-4H3. The van der Waals surface area contributed by atoms with Gasteiger partial charge in [-0.3, -0.25) is 0 Å². The second-order valence-electron chi connectivity index (χ2n) is 4.84. The molecule has 0 saturated heterocycles. The molecule has 0 amide bonds. The van der Waals surface area contributed by atoms with Crippen molar-refractivity contribution in [2.24, 2.45) is 0 Å². The highest BCUT2D eigenvalue weighted by atomic mass is 14.0. The van der Waals surface area contributed by atoms with Crippen LogP contribution in [0.25, 0.3) is 0 Å². The predicted octanol–water partition coefficient (Wildman–Crippen LogP) is 6.37. The highest BCUT2D eigenvalue weighted by Gasteiger charge is 1.89. The average Bonchev–Trinajstić information content (AvgIpc) is 2.36. The normalized spacial score (nSPS) is 13.3. The quantitative estimate of drug-likeness (QED) is 0.238. The first-order chi connectivity index (χ1) is 8.74. The van der Waals surface area contributed by atoms with Crippen LogP contribution in [0, 0.1) is 0 Å². The number of hydrogen-bond acceptors (Lipinski definition) is 0. The van der Waals surface area contributed by atoms with E-state index in [1.165, 1.54) is 44.1 Å². The fourth-order valence-corrected chi connectivity index (χ4v) is 1.93. The number of allylic oxidation sites excluding steroid dienone is 7. The van der Waals surface area contributed by atoms with Gasteiger partial charge in [-0.15, -0.1) is 6.58 Å². The molecule has 0 spiro atoms. The van der Waals surface area contributed by atoms with Gasteiger partial charge in [0, 0.05) is 0 Å². The van der Waals surface area contributed by atoms with Gasteiger partial charge in [-0.1, -0.05) is 49.3 Å². The molecule has 0 rings (SSSR count). The molecule has 0 aromatic heterocycles. The lowest BCUT2D eigenvalue weighted by Crippen LogP contribution is -1.78. The summed E-state index contributed by atoms with van der Waals surface area (Å²) in [5.74, 6) is 0. The summed E-state index contributed by atoms with van der Waals surface area (Å²) in [6.07, 6.45) is 19.6. The van der Waals surface area contributed by atoms with Gasteiger partial charge in [0.2, 0.25) is 0 Å². The first kappa shape index (κ1) is 17.0. The lowest BCUT2D eigenvalue weighted by atomic mass is 10.1. The topological polar surface area (TPSA) is 0 Å². The minimum atomic E-state index is 0.978. The minimum Gasteiger partial charge on any atom is -0.103 e. The maximum Gasteiger partial charge on any atom is -0.0104 e. The second-order valence-corrected chi connectivity index (χ2v) is 4.84. The first-order valence-electron chi connectivity index (χ1n) is 7.32. The maximum absolute atomic E-state index is 3.77. The molecular weight excluding hydrogens is 216 g/mol. The van der Waals surface area contributed by atoms with Gasteiger partial charge in [-0.25, -0.2) is 0 Å². The van der Waals surface area contributed by atoms with Crippen LogP contribution in [0.1, 0.15) is 65.7 Å². The number of rotatable bonds is 10. The van der Waals surface area contributed by atoms with Crippen LogP contribution in [0.5, 0.6) is 0 Å². The van der Waals surface area contributed by atoms with Crippen molar-refractivity contribution in [2.75, 3.05) is 0 Å². The van der Waals surface area contributed by atoms with E-state index in [4.69, 9.17) is 0 Å². The van der Waals surface area contributed by atoms with Crippen LogP contribution in [0.4, 0.5) is 0 Å². The van der Waals surface area contributed by atoms with Gasteiger partial charge in [-0.05, 0) is 57.9 Å². The molecule has 0 nitrogen and oxygen atoms in total. The van der Waals surface area contributed by atoms with E-state index in [1.54, 1.807) is 5.57 Å². The summed E-state index contributed by atoms with van der Waals surface area (Å²) >= 11 is 0. The monoisotopic (exact) mass is 246 g/mol. The Bertz CT molecular complexity index is 289. The molecular formula is C18H30. The molecule has 0 unspecified atom stereocenters. The Balaban J connectivity index is 3.64. The van der Waals surface area contributed by atoms with E-state index in [1.807, 2.05) is 6.08 Å². The van der Waals surface area contributed by atoms with Crippen molar-refractivity contribution in [1.82, 2.24) is 0 Å². The molecule has 0 heteroatoms. The predicted molar refractivity (Wildman–Crippen MR) is 84.8 cm³/mol. The Morgan fingerprint density at radius 1 is 1.17 bits per heavy atom. The fraction of sp³-hybridized carbons (Fsp3) is 0.556. The molecule has 0 aliphatic rings. The van der Waals surface area contributed by atoms with Crippen molar-refractivity contribution in [3.63, 3.8) is 0 Å². The molecule has 102 valence electrons. The molecule has 0 bridgehead atoms. The molecule has 0 saturated carbocycles. The van der Waals surface area contributed by atoms with Crippen molar-refractivity contribution in [3.8, 4) is 0 Å². The van der Waals surface area contributed by atoms with Gasteiger partial charge in [0.15, 0.2) is 0 Å². The summed E-state index contributed by atoms with van der Waals surface area (Å²) in [4.78, 5) is 0. The Labute approximate surface area is 114 Å². The van der Waals surface area contributed by atoms with E-state index in [-0.39, 0.29) is 0 Å². The van der Waals surface area contributed by atoms with Crippen molar-refractivity contribution in [3.05, 3.63) is 48.1 Å². The second kappa shape index (κ2) is 12.4. The lowest BCUT2D eigenvalue weighted by Gasteiger charge is -1.99. The van der Waals surface area contributed by atoms with E-state index in [2.05, 4.69) is 51.7 Å². The smallest absolute Gasteiger partial charge is 0.0104 e. The lowest BCUT2D eigenvalue weighted by molar-refractivity contribution is 0.754. The van der Waals surface area contributed by atoms with Gasteiger partial charge in [0.05, 0.1) is 0 Å². The molecule has 0 heterocycles. The Hall–Kier alpha value is -1.04. The van der Waals surface area contributed by atoms with Crippen molar-refractivity contribution in [1.29, 1.82) is 0 Å². The maximum atomic E-state index is 3.77. The van der Waals surface area contributed by atoms with Crippen LogP contribution in [-0.2, 0) is 0 Å². The van der Waals surface area contributed by atoms with E-state index >= 15 is 0 Å². The highest BCUT2D eigenvalue weighted by Crippen LogP contribution is 2.09. The van der Waals surface area contributed by atoms with Crippen LogP contribution < -0.4 is 0 Å². The third kappa shape index (κ3) is 10.1. The summed E-state index contributed by atoms with van der Waals surface area (Å²) < 4.78 is 0. The summed E-state index contributed by atoms with van der Waals surface area (Å²) in [7, 11) is 0. The third-order valence-electron chi connectivity index (χ3n) is 3.04. The minimum absolute atomic E-state index is 0.978. The first-order valence-corrected chi connectivity index (χ1v) is 7.32. The molecule has 0 aliphatic carbocycles. The van der Waals surface area contributed by atoms with Crippen LogP contribution in [0.15, 0.2) is 48.1 Å². The van der Waals surface area contributed by atoms with Crippen molar-refractivity contribution < 1.29 is 0 Å². The van der Waals surface area contributed by atoms with E-state index in [0.717, 1.165) is 6.42 Å². The van der Waals surface area contributed by atoms with E-state index in [0.29, 0.717) is 0 Å². The Morgan fingerprint density at radius 2 is 1.89 bits per heavy atom. The Morgan fingerprint density at radius 3 is 2.50 bits per heavy atom. The summed E-state index contributed by atoms with van der Waals surface area (Å²) in [5.41, 5.74) is 2.92. The average molecular weight is 246 g/mol. The van der Waals surface area contributed by atoms with Crippen LogP contribution in [0.3, 0.4) is 0 Å². The van der Waals surface area contributed by atoms with Gasteiger partial charge >= 0.3 is 0 Å². The molecule has 0 aromatic rings. The molecule has 0 atom stereocenters. The number of hydrogen-bond donors (Lipinski definition) is 0. The van der Waals surface area contributed by atoms with Crippen molar-refractivity contribution >= 4 is 0 Å². The van der Waals surface area contributed by atoms with Crippen LogP contribution in [-0.4, -0.2) is 0 Å². The molecule has 0 radical (unpaired) electrons. The fourth-order valence-electron chi connectivity index (χ4n) is 1.93. The molecule has 0 aliphatic heterocycles. The largest absolute Gasteiger partial charge is 0.103 e. The Kier molecular flexibility index (Phi) is 11.7. The van der Waals surface area contributed by atoms with Gasteiger partial charge in [0.25, 0.3) is 0 Å². The summed E-state index contributed by atoms with van der Waals surface area (Å²) in [6, 6.07) is 0. The third-order valence-corrected chi connectivity index (χ3v) is 3.04. The van der Waals surface area contributed by atoms with Gasteiger partial charge in [-0.2, -0.15) is 0 Å². The van der Waals surface area contributed by atoms with E-state index < -0.39 is 0 Å². The van der Waals surface area contributed by atoms with Gasteiger partial charge in [0.1, 0.15) is 0 Å². The molecule has 0 N–H and O–H groups in total. The van der Waals surface area contributed by atoms with Gasteiger partial charge < -0.3 is 0 Å². The van der Waals surface area contributed by atoms with Crippen molar-refractivity contribution in [2.45, 2.75) is 65.7 Å². The molecule has 0 fully saturated rings. The number of unbranched alkanes of at least 4 members (excludes halogenated alkanes) is 3. The summed E-state index contributed by atoms with van der Waals surface area (Å²) in [5, 5.41) is 0. The zero-order valence-corrected chi connectivity index (χ0v) is 12.5. The van der Waals surface area contributed by atoms with Crippen LogP contribution >= 0.6 is 0 Å². The zero-order valence-electron chi connectivity index (χ0n) is 12.5. The summed E-state index contributed by atoms with van der Waals surface area (Å²) in [6.45, 7) is 10.3.